The highest BCUT2D eigenvalue weighted by Crippen LogP contribution is 2.45. The second-order valence-electron chi connectivity index (χ2n) is 9.25. The van der Waals surface area contributed by atoms with Gasteiger partial charge in [-0.1, -0.05) is 60.7 Å². The third-order valence-electron chi connectivity index (χ3n) is 7.09. The predicted molar refractivity (Wildman–Crippen MR) is 154 cm³/mol. The molecule has 0 unspecified atom stereocenters. The highest BCUT2D eigenvalue weighted by Gasteiger charge is 2.17. The van der Waals surface area contributed by atoms with Crippen LogP contribution >= 0.6 is 0 Å². The fourth-order valence-electron chi connectivity index (χ4n) is 5.09. The largest absolute Gasteiger partial charge is 0.507 e. The number of methoxy groups -OCH3 is 2. The number of hydrogen-bond donors (Lipinski definition) is 2. The predicted octanol–water partition coefficient (Wildman–Crippen LogP) is 8.42. The Morgan fingerprint density at radius 1 is 0.421 bits per heavy atom. The molecule has 0 bridgehead atoms. The van der Waals surface area contributed by atoms with E-state index in [9.17, 15) is 10.2 Å². The van der Waals surface area contributed by atoms with E-state index in [1.54, 1.807) is 26.4 Å². The maximum atomic E-state index is 11.0. The zero-order valence-corrected chi connectivity index (χ0v) is 21.1. The first kappa shape index (κ1) is 23.4. The van der Waals surface area contributed by atoms with Gasteiger partial charge in [-0.3, -0.25) is 0 Å². The first-order chi connectivity index (χ1) is 18.6. The van der Waals surface area contributed by atoms with Crippen molar-refractivity contribution < 1.29 is 19.7 Å². The van der Waals surface area contributed by atoms with Gasteiger partial charge >= 0.3 is 0 Å². The van der Waals surface area contributed by atoms with E-state index < -0.39 is 0 Å². The van der Waals surface area contributed by atoms with Crippen molar-refractivity contribution in [2.24, 2.45) is 0 Å². The quantitative estimate of drug-likeness (QED) is 0.250. The Morgan fingerprint density at radius 3 is 1.16 bits per heavy atom. The molecule has 38 heavy (non-hydrogen) atoms. The molecule has 0 atom stereocenters. The molecule has 6 aromatic carbocycles. The van der Waals surface area contributed by atoms with Crippen molar-refractivity contribution in [3.63, 3.8) is 0 Å². The molecule has 0 spiro atoms. The average molecular weight is 499 g/mol. The summed E-state index contributed by atoms with van der Waals surface area (Å²) < 4.78 is 10.6. The van der Waals surface area contributed by atoms with Gasteiger partial charge in [-0.15, -0.1) is 0 Å². The van der Waals surface area contributed by atoms with E-state index in [0.717, 1.165) is 55.3 Å². The summed E-state index contributed by atoms with van der Waals surface area (Å²) in [5, 5.41) is 25.7. The van der Waals surface area contributed by atoms with Gasteiger partial charge in [0.15, 0.2) is 0 Å². The maximum absolute atomic E-state index is 11.0. The molecule has 0 aliphatic heterocycles. The van der Waals surface area contributed by atoms with E-state index in [4.69, 9.17) is 9.47 Å². The summed E-state index contributed by atoms with van der Waals surface area (Å²) in [5.74, 6) is 1.86. The molecular formula is C34H26O4. The van der Waals surface area contributed by atoms with Crippen LogP contribution in [-0.2, 0) is 0 Å². The molecule has 2 N–H and O–H groups in total. The minimum absolute atomic E-state index is 0.122. The van der Waals surface area contributed by atoms with Crippen LogP contribution in [0.15, 0.2) is 109 Å². The number of ether oxygens (including phenoxy) is 2. The van der Waals surface area contributed by atoms with Crippen LogP contribution in [-0.4, -0.2) is 24.4 Å². The van der Waals surface area contributed by atoms with Crippen LogP contribution in [0.2, 0.25) is 0 Å². The Morgan fingerprint density at radius 2 is 0.789 bits per heavy atom. The lowest BCUT2D eigenvalue weighted by atomic mass is 9.90. The van der Waals surface area contributed by atoms with E-state index in [1.165, 1.54) is 0 Å². The fourth-order valence-corrected chi connectivity index (χ4v) is 5.09. The summed E-state index contributed by atoms with van der Waals surface area (Å²) in [7, 11) is 3.31. The summed E-state index contributed by atoms with van der Waals surface area (Å²) in [6.45, 7) is 0. The van der Waals surface area contributed by atoms with Gasteiger partial charge in [0, 0.05) is 11.1 Å². The molecule has 0 heterocycles. The highest BCUT2D eigenvalue weighted by molar-refractivity contribution is 6.10. The third-order valence-corrected chi connectivity index (χ3v) is 7.09. The topological polar surface area (TPSA) is 58.9 Å². The minimum atomic E-state index is 0.122. The average Bonchev–Trinajstić information content (AvgIpc) is 2.97. The second kappa shape index (κ2) is 9.49. The van der Waals surface area contributed by atoms with Crippen molar-refractivity contribution in [1.29, 1.82) is 0 Å². The number of phenols is 2. The molecule has 6 aromatic rings. The molecule has 0 amide bonds. The van der Waals surface area contributed by atoms with Crippen LogP contribution in [0.4, 0.5) is 0 Å². The summed E-state index contributed by atoms with van der Waals surface area (Å²) in [6, 6.07) is 35.4. The SMILES string of the molecule is COc1ccc(-c2ccc3c(-c4c(O)ccc5cc(-c6ccc(OC)cc6)ccc45)c(O)ccc3c2)cc1. The van der Waals surface area contributed by atoms with Crippen molar-refractivity contribution in [2.45, 2.75) is 0 Å². The van der Waals surface area contributed by atoms with Crippen molar-refractivity contribution >= 4 is 21.5 Å². The molecule has 6 rings (SSSR count). The first-order valence-electron chi connectivity index (χ1n) is 12.4. The van der Waals surface area contributed by atoms with Crippen LogP contribution in [0.1, 0.15) is 0 Å². The Bertz CT molecular complexity index is 1650. The zero-order chi connectivity index (χ0) is 26.2. The molecular weight excluding hydrogens is 472 g/mol. The van der Waals surface area contributed by atoms with E-state index in [0.29, 0.717) is 11.1 Å². The fraction of sp³-hybridized carbons (Fsp3) is 0.0588. The Hall–Kier alpha value is -4.96. The first-order valence-corrected chi connectivity index (χ1v) is 12.4. The molecule has 0 radical (unpaired) electrons. The lowest BCUT2D eigenvalue weighted by Gasteiger charge is -2.16. The number of aromatic hydroxyl groups is 2. The smallest absolute Gasteiger partial charge is 0.124 e. The van der Waals surface area contributed by atoms with Gasteiger partial charge in [0.2, 0.25) is 0 Å². The van der Waals surface area contributed by atoms with Gasteiger partial charge in [-0.05, 0) is 92.3 Å². The van der Waals surface area contributed by atoms with E-state index in [2.05, 4.69) is 12.1 Å². The van der Waals surface area contributed by atoms with Crippen LogP contribution in [0, 0.1) is 0 Å². The lowest BCUT2D eigenvalue weighted by molar-refractivity contribution is 0.415. The Labute approximate surface area is 221 Å². The third kappa shape index (κ3) is 4.06. The van der Waals surface area contributed by atoms with Crippen molar-refractivity contribution in [2.75, 3.05) is 14.2 Å². The standard InChI is InChI=1S/C34H26O4/c1-37-27-11-3-21(4-12-27)23-7-15-29-25(19-23)9-17-31(35)33(29)34-30-16-8-24(20-26(30)10-18-32(34)36)22-5-13-28(38-2)14-6-22/h3-20,35-36H,1-2H3. The van der Waals surface area contributed by atoms with Crippen LogP contribution in [0.25, 0.3) is 54.9 Å². The van der Waals surface area contributed by atoms with Crippen molar-refractivity contribution in [3.8, 4) is 56.4 Å². The highest BCUT2D eigenvalue weighted by atomic mass is 16.5. The van der Waals surface area contributed by atoms with E-state index in [1.807, 2.05) is 84.9 Å². The van der Waals surface area contributed by atoms with Gasteiger partial charge in [0.1, 0.15) is 23.0 Å². The second-order valence-corrected chi connectivity index (χ2v) is 9.25. The van der Waals surface area contributed by atoms with Crippen molar-refractivity contribution in [1.82, 2.24) is 0 Å². The van der Waals surface area contributed by atoms with Gasteiger partial charge in [0.05, 0.1) is 14.2 Å². The van der Waals surface area contributed by atoms with Gasteiger partial charge in [0.25, 0.3) is 0 Å². The Kier molecular flexibility index (Phi) is 5.85. The molecule has 0 saturated carbocycles. The summed E-state index contributed by atoms with van der Waals surface area (Å²) in [4.78, 5) is 0. The van der Waals surface area contributed by atoms with E-state index in [-0.39, 0.29) is 11.5 Å². The van der Waals surface area contributed by atoms with Crippen LogP contribution in [0.5, 0.6) is 23.0 Å². The molecule has 0 saturated heterocycles. The molecule has 0 aliphatic rings. The maximum Gasteiger partial charge on any atom is 0.124 e. The van der Waals surface area contributed by atoms with E-state index >= 15 is 0 Å². The lowest BCUT2D eigenvalue weighted by Crippen LogP contribution is -1.89. The number of benzene rings is 6. The molecule has 0 aliphatic carbocycles. The molecule has 4 heteroatoms. The molecule has 4 nitrogen and oxygen atoms in total. The zero-order valence-electron chi connectivity index (χ0n) is 21.1. The monoisotopic (exact) mass is 498 g/mol. The number of hydrogen-bond acceptors (Lipinski definition) is 4. The van der Waals surface area contributed by atoms with Gasteiger partial charge in [-0.2, -0.15) is 0 Å². The summed E-state index contributed by atoms with van der Waals surface area (Å²) in [6.07, 6.45) is 0. The molecule has 0 aromatic heterocycles. The van der Waals surface area contributed by atoms with Gasteiger partial charge in [-0.25, -0.2) is 0 Å². The minimum Gasteiger partial charge on any atom is -0.507 e. The molecule has 186 valence electrons. The number of phenolic OH excluding ortho intramolecular Hbond substituents is 2. The summed E-state index contributed by atoms with van der Waals surface area (Å²) >= 11 is 0. The van der Waals surface area contributed by atoms with Crippen LogP contribution in [0.3, 0.4) is 0 Å². The molecule has 0 fully saturated rings. The number of fused-ring (bicyclic) bond motifs is 2. The van der Waals surface area contributed by atoms with Crippen molar-refractivity contribution in [3.05, 3.63) is 109 Å². The van der Waals surface area contributed by atoms with Gasteiger partial charge < -0.3 is 19.7 Å². The van der Waals surface area contributed by atoms with Crippen LogP contribution < -0.4 is 9.47 Å². The Balaban J connectivity index is 1.49. The number of rotatable bonds is 5. The summed E-state index contributed by atoms with van der Waals surface area (Å²) in [5.41, 5.74) is 5.49. The normalized spacial score (nSPS) is 11.1.